The van der Waals surface area contributed by atoms with Gasteiger partial charge in [-0.25, -0.2) is 0 Å². The van der Waals surface area contributed by atoms with E-state index >= 15 is 0 Å². The molecule has 1 heterocycles. The predicted molar refractivity (Wildman–Crippen MR) is 76.5 cm³/mol. The van der Waals surface area contributed by atoms with Gasteiger partial charge in [-0.1, -0.05) is 0 Å². The normalized spacial score (nSPS) is 31.8. The highest BCUT2D eigenvalue weighted by Gasteiger charge is 2.58. The second kappa shape index (κ2) is 5.43. The van der Waals surface area contributed by atoms with Crippen molar-refractivity contribution in [3.05, 3.63) is 29.8 Å². The molecule has 1 aliphatic heterocycles. The lowest BCUT2D eigenvalue weighted by atomic mass is 9.70. The van der Waals surface area contributed by atoms with E-state index < -0.39 is 0 Å². The fourth-order valence-corrected chi connectivity index (χ4v) is 3.32. The Kier molecular flexibility index (Phi) is 3.64. The molecule has 1 saturated heterocycles. The minimum absolute atomic E-state index is 0.149. The van der Waals surface area contributed by atoms with Crippen LogP contribution >= 0.6 is 0 Å². The average Bonchev–Trinajstić information content (AvgIpc) is 2.99. The minimum atomic E-state index is -0.149. The van der Waals surface area contributed by atoms with Crippen LogP contribution in [0.3, 0.4) is 0 Å². The summed E-state index contributed by atoms with van der Waals surface area (Å²) in [6.07, 6.45) is 3.36. The van der Waals surface area contributed by atoms with Gasteiger partial charge in [0.1, 0.15) is 5.60 Å². The Hall–Kier alpha value is -1.57. The summed E-state index contributed by atoms with van der Waals surface area (Å²) < 4.78 is 11.8. The van der Waals surface area contributed by atoms with Crippen molar-refractivity contribution < 1.29 is 9.47 Å². The lowest BCUT2D eigenvalue weighted by Crippen LogP contribution is -2.66. The van der Waals surface area contributed by atoms with Gasteiger partial charge in [0.15, 0.2) is 0 Å². The van der Waals surface area contributed by atoms with Crippen molar-refractivity contribution in [3.8, 4) is 6.07 Å². The second-order valence-electron chi connectivity index (χ2n) is 5.47. The fraction of sp³-hybridized carbons (Fsp3) is 0.562. The summed E-state index contributed by atoms with van der Waals surface area (Å²) in [7, 11) is 0. The lowest BCUT2D eigenvalue weighted by Gasteiger charge is -2.52. The molecule has 2 fully saturated rings. The molecule has 1 saturated carbocycles. The maximum absolute atomic E-state index is 8.82. The highest BCUT2D eigenvalue weighted by molar-refractivity contribution is 5.49. The van der Waals surface area contributed by atoms with E-state index in [4.69, 9.17) is 14.7 Å². The maximum Gasteiger partial charge on any atom is 0.114 e. The van der Waals surface area contributed by atoms with Crippen molar-refractivity contribution in [1.82, 2.24) is 0 Å². The van der Waals surface area contributed by atoms with Gasteiger partial charge in [-0.15, -0.1) is 0 Å². The SMILES string of the molecule is CCOC1CC(Nc2ccc(C#N)cc2)C12CCCO2. The van der Waals surface area contributed by atoms with Gasteiger partial charge in [-0.3, -0.25) is 0 Å². The molecule has 0 radical (unpaired) electrons. The van der Waals surface area contributed by atoms with Crippen molar-refractivity contribution in [2.24, 2.45) is 0 Å². The molecule has 1 spiro atoms. The number of rotatable bonds is 4. The minimum Gasteiger partial charge on any atom is -0.379 e. The van der Waals surface area contributed by atoms with Crippen molar-refractivity contribution in [2.75, 3.05) is 18.5 Å². The molecule has 1 N–H and O–H groups in total. The number of hydrogen-bond acceptors (Lipinski definition) is 4. The standard InChI is InChI=1S/C16H20N2O2/c1-2-19-15-10-14(16(15)8-3-9-20-16)18-13-6-4-12(11-17)5-7-13/h4-7,14-15,18H,2-3,8-10H2,1H3. The van der Waals surface area contributed by atoms with Crippen molar-refractivity contribution in [2.45, 2.75) is 43.9 Å². The molecule has 4 heteroatoms. The topological polar surface area (TPSA) is 54.3 Å². The van der Waals surface area contributed by atoms with Gasteiger partial charge in [0.05, 0.1) is 23.8 Å². The van der Waals surface area contributed by atoms with E-state index in [2.05, 4.69) is 11.4 Å². The summed E-state index contributed by atoms with van der Waals surface area (Å²) >= 11 is 0. The van der Waals surface area contributed by atoms with Gasteiger partial charge in [-0.05, 0) is 50.5 Å². The first-order chi connectivity index (χ1) is 9.78. The van der Waals surface area contributed by atoms with Gasteiger partial charge in [0.25, 0.3) is 0 Å². The van der Waals surface area contributed by atoms with E-state index in [9.17, 15) is 0 Å². The van der Waals surface area contributed by atoms with Gasteiger partial charge in [0.2, 0.25) is 0 Å². The van der Waals surface area contributed by atoms with Crippen LogP contribution in [0.25, 0.3) is 0 Å². The molecule has 0 amide bonds. The number of hydrogen-bond donors (Lipinski definition) is 1. The van der Waals surface area contributed by atoms with Crippen LogP contribution in [0.1, 0.15) is 31.7 Å². The maximum atomic E-state index is 8.82. The number of anilines is 1. The van der Waals surface area contributed by atoms with E-state index in [1.807, 2.05) is 31.2 Å². The third kappa shape index (κ3) is 2.17. The van der Waals surface area contributed by atoms with Crippen LogP contribution in [-0.2, 0) is 9.47 Å². The molecule has 1 aliphatic carbocycles. The molecule has 0 aromatic heterocycles. The van der Waals surface area contributed by atoms with E-state index in [-0.39, 0.29) is 11.7 Å². The monoisotopic (exact) mass is 272 g/mol. The summed E-state index contributed by atoms with van der Waals surface area (Å²) in [4.78, 5) is 0. The van der Waals surface area contributed by atoms with Crippen molar-refractivity contribution >= 4 is 5.69 Å². The Bertz CT molecular complexity index is 500. The van der Waals surface area contributed by atoms with Crippen LogP contribution in [0.5, 0.6) is 0 Å². The Morgan fingerprint density at radius 1 is 1.45 bits per heavy atom. The number of nitrogens with zero attached hydrogens (tertiary/aromatic N) is 1. The highest BCUT2D eigenvalue weighted by atomic mass is 16.6. The largest absolute Gasteiger partial charge is 0.379 e. The van der Waals surface area contributed by atoms with E-state index in [1.54, 1.807) is 0 Å². The zero-order valence-electron chi connectivity index (χ0n) is 11.8. The van der Waals surface area contributed by atoms with Gasteiger partial charge in [0, 0.05) is 18.9 Å². The zero-order valence-corrected chi connectivity index (χ0v) is 11.8. The molecule has 3 unspecified atom stereocenters. The molecule has 1 aromatic rings. The first-order valence-electron chi connectivity index (χ1n) is 7.31. The molecule has 0 bridgehead atoms. The first-order valence-corrected chi connectivity index (χ1v) is 7.31. The molecule has 4 nitrogen and oxygen atoms in total. The van der Waals surface area contributed by atoms with Crippen LogP contribution in [0, 0.1) is 11.3 Å². The molecule has 2 aliphatic rings. The molecular formula is C16H20N2O2. The molecule has 3 rings (SSSR count). The summed E-state index contributed by atoms with van der Waals surface area (Å²) in [5.41, 5.74) is 1.58. The quantitative estimate of drug-likeness (QED) is 0.915. The van der Waals surface area contributed by atoms with Gasteiger partial charge in [-0.2, -0.15) is 5.26 Å². The summed E-state index contributed by atoms with van der Waals surface area (Å²) in [5.74, 6) is 0. The van der Waals surface area contributed by atoms with Gasteiger partial charge < -0.3 is 14.8 Å². The molecule has 20 heavy (non-hydrogen) atoms. The van der Waals surface area contributed by atoms with Crippen LogP contribution < -0.4 is 5.32 Å². The Morgan fingerprint density at radius 2 is 2.25 bits per heavy atom. The van der Waals surface area contributed by atoms with Gasteiger partial charge >= 0.3 is 0 Å². The average molecular weight is 272 g/mol. The predicted octanol–water partition coefficient (Wildman–Crippen LogP) is 2.70. The lowest BCUT2D eigenvalue weighted by molar-refractivity contribution is -0.184. The number of ether oxygens (including phenoxy) is 2. The van der Waals surface area contributed by atoms with E-state index in [0.29, 0.717) is 11.6 Å². The summed E-state index contributed by atoms with van der Waals surface area (Å²) in [6, 6.07) is 10.0. The summed E-state index contributed by atoms with van der Waals surface area (Å²) in [6.45, 7) is 3.60. The molecular weight excluding hydrogens is 252 g/mol. The number of nitriles is 1. The van der Waals surface area contributed by atoms with Crippen LogP contribution in [0.15, 0.2) is 24.3 Å². The molecule has 106 valence electrons. The molecule has 3 atom stereocenters. The third-order valence-electron chi connectivity index (χ3n) is 4.39. The fourth-order valence-electron chi connectivity index (χ4n) is 3.32. The Balaban J connectivity index is 1.69. The summed E-state index contributed by atoms with van der Waals surface area (Å²) in [5, 5.41) is 12.4. The zero-order chi connectivity index (χ0) is 14.0. The highest BCUT2D eigenvalue weighted by Crippen LogP contribution is 2.46. The van der Waals surface area contributed by atoms with Crippen molar-refractivity contribution in [1.29, 1.82) is 5.26 Å². The van der Waals surface area contributed by atoms with E-state index in [1.165, 1.54) is 0 Å². The van der Waals surface area contributed by atoms with Crippen molar-refractivity contribution in [3.63, 3.8) is 0 Å². The third-order valence-corrected chi connectivity index (χ3v) is 4.39. The Labute approximate surface area is 119 Å². The smallest absolute Gasteiger partial charge is 0.114 e. The Morgan fingerprint density at radius 3 is 2.85 bits per heavy atom. The number of benzene rings is 1. The van der Waals surface area contributed by atoms with Crippen LogP contribution in [0.2, 0.25) is 0 Å². The van der Waals surface area contributed by atoms with Crippen LogP contribution in [0.4, 0.5) is 5.69 Å². The molecule has 1 aromatic carbocycles. The van der Waals surface area contributed by atoms with E-state index in [0.717, 1.165) is 38.2 Å². The number of nitrogens with one attached hydrogen (secondary N) is 1. The second-order valence-corrected chi connectivity index (χ2v) is 5.47. The van der Waals surface area contributed by atoms with Crippen LogP contribution in [-0.4, -0.2) is 31.0 Å². The first kappa shape index (κ1) is 13.4.